The van der Waals surface area contributed by atoms with E-state index in [2.05, 4.69) is 31.9 Å². The molecule has 2 fully saturated rings. The van der Waals surface area contributed by atoms with Gasteiger partial charge in [0.25, 0.3) is 0 Å². The standard InChI is InChI=1S/C18H24BrN3O3/c19-11-4-9-14(20-12-5-7-13(23)8-6-12)16(10-11)22-18(25)15-2-1-3-17(24)21-15/h4,9-10,12-13,15,20,23H,1-3,5-8H2,(H,21,24)(H,22,25)/t12?,13?,15-/m0/s1. The number of piperidine rings is 1. The SMILES string of the molecule is O=C1CCC[C@@H](C(=O)Nc2cc(Br)ccc2NC2CCC(O)CC2)N1. The molecule has 4 N–H and O–H groups in total. The number of amides is 2. The van der Waals surface area contributed by atoms with Crippen LogP contribution < -0.4 is 16.0 Å². The van der Waals surface area contributed by atoms with Crippen LogP contribution in [0.25, 0.3) is 0 Å². The molecule has 136 valence electrons. The van der Waals surface area contributed by atoms with Gasteiger partial charge in [-0.2, -0.15) is 0 Å². The van der Waals surface area contributed by atoms with Crippen LogP contribution in [-0.2, 0) is 9.59 Å². The summed E-state index contributed by atoms with van der Waals surface area (Å²) in [6.45, 7) is 0. The molecule has 25 heavy (non-hydrogen) atoms. The molecule has 0 aromatic heterocycles. The van der Waals surface area contributed by atoms with Gasteiger partial charge in [-0.05, 0) is 56.7 Å². The van der Waals surface area contributed by atoms with E-state index < -0.39 is 6.04 Å². The van der Waals surface area contributed by atoms with Crippen molar-refractivity contribution in [2.45, 2.75) is 63.1 Å². The minimum absolute atomic E-state index is 0.0697. The van der Waals surface area contributed by atoms with Crippen molar-refractivity contribution in [3.63, 3.8) is 0 Å². The smallest absolute Gasteiger partial charge is 0.247 e. The van der Waals surface area contributed by atoms with Crippen molar-refractivity contribution in [3.05, 3.63) is 22.7 Å². The molecule has 6 nitrogen and oxygen atoms in total. The lowest BCUT2D eigenvalue weighted by Gasteiger charge is -2.28. The van der Waals surface area contributed by atoms with E-state index >= 15 is 0 Å². The Morgan fingerprint density at radius 3 is 2.64 bits per heavy atom. The predicted octanol–water partition coefficient (Wildman–Crippen LogP) is 2.77. The van der Waals surface area contributed by atoms with Crippen LogP contribution in [0.15, 0.2) is 22.7 Å². The number of halogens is 1. The molecule has 1 heterocycles. The van der Waals surface area contributed by atoms with Gasteiger partial charge in [0.15, 0.2) is 0 Å². The number of carbonyl (C=O) groups excluding carboxylic acids is 2. The van der Waals surface area contributed by atoms with Crippen LogP contribution in [0.1, 0.15) is 44.9 Å². The number of benzene rings is 1. The highest BCUT2D eigenvalue weighted by molar-refractivity contribution is 9.10. The van der Waals surface area contributed by atoms with Gasteiger partial charge >= 0.3 is 0 Å². The van der Waals surface area contributed by atoms with Crippen LogP contribution in [0, 0.1) is 0 Å². The maximum absolute atomic E-state index is 12.5. The van der Waals surface area contributed by atoms with E-state index in [0.29, 0.717) is 18.5 Å². The molecule has 0 radical (unpaired) electrons. The van der Waals surface area contributed by atoms with Crippen molar-refractivity contribution in [1.82, 2.24) is 5.32 Å². The summed E-state index contributed by atoms with van der Waals surface area (Å²) in [6.07, 6.45) is 5.09. The Balaban J connectivity index is 1.68. The summed E-state index contributed by atoms with van der Waals surface area (Å²) in [7, 11) is 0. The number of nitrogens with one attached hydrogen (secondary N) is 3. The fraction of sp³-hybridized carbons (Fsp3) is 0.556. The second kappa shape index (κ2) is 8.19. The summed E-state index contributed by atoms with van der Waals surface area (Å²) < 4.78 is 0.875. The third kappa shape index (κ3) is 4.95. The molecule has 0 unspecified atom stereocenters. The summed E-state index contributed by atoms with van der Waals surface area (Å²) in [5.41, 5.74) is 1.56. The zero-order chi connectivity index (χ0) is 17.8. The maximum atomic E-state index is 12.5. The molecule has 2 aliphatic rings. The highest BCUT2D eigenvalue weighted by Gasteiger charge is 2.26. The molecule has 7 heteroatoms. The summed E-state index contributed by atoms with van der Waals surface area (Å²) >= 11 is 3.44. The molecule has 0 bridgehead atoms. The summed E-state index contributed by atoms with van der Waals surface area (Å²) in [5.74, 6) is -0.256. The van der Waals surface area contributed by atoms with E-state index in [1.165, 1.54) is 0 Å². The van der Waals surface area contributed by atoms with Crippen LogP contribution in [-0.4, -0.2) is 35.1 Å². The van der Waals surface area contributed by atoms with E-state index in [4.69, 9.17) is 0 Å². The summed E-state index contributed by atoms with van der Waals surface area (Å²) in [4.78, 5) is 24.0. The highest BCUT2D eigenvalue weighted by Crippen LogP contribution is 2.30. The fourth-order valence-electron chi connectivity index (χ4n) is 3.41. The largest absolute Gasteiger partial charge is 0.393 e. The van der Waals surface area contributed by atoms with E-state index in [-0.39, 0.29) is 24.0 Å². The number of aliphatic hydroxyl groups excluding tert-OH is 1. The average molecular weight is 410 g/mol. The van der Waals surface area contributed by atoms with E-state index in [0.717, 1.165) is 42.3 Å². The van der Waals surface area contributed by atoms with E-state index in [1.54, 1.807) is 0 Å². The van der Waals surface area contributed by atoms with Crippen molar-refractivity contribution in [2.75, 3.05) is 10.6 Å². The normalized spacial score (nSPS) is 26.6. The van der Waals surface area contributed by atoms with Crippen LogP contribution in [0.2, 0.25) is 0 Å². The lowest BCUT2D eigenvalue weighted by molar-refractivity contribution is -0.128. The first-order chi connectivity index (χ1) is 12.0. The van der Waals surface area contributed by atoms with Gasteiger partial charge in [-0.25, -0.2) is 0 Å². The van der Waals surface area contributed by atoms with Crippen molar-refractivity contribution in [2.24, 2.45) is 0 Å². The topological polar surface area (TPSA) is 90.5 Å². The Kier molecular flexibility index (Phi) is 5.96. The van der Waals surface area contributed by atoms with Crippen molar-refractivity contribution >= 4 is 39.1 Å². The van der Waals surface area contributed by atoms with Crippen LogP contribution in [0.5, 0.6) is 0 Å². The van der Waals surface area contributed by atoms with E-state index in [9.17, 15) is 14.7 Å². The molecule has 1 aliphatic heterocycles. The van der Waals surface area contributed by atoms with Crippen LogP contribution in [0.3, 0.4) is 0 Å². The summed E-state index contributed by atoms with van der Waals surface area (Å²) in [5, 5.41) is 18.8. The third-order valence-corrected chi connectivity index (χ3v) is 5.34. The first kappa shape index (κ1) is 18.2. The first-order valence-corrected chi connectivity index (χ1v) is 9.65. The van der Waals surface area contributed by atoms with Crippen molar-refractivity contribution in [3.8, 4) is 0 Å². The van der Waals surface area contributed by atoms with Gasteiger partial charge < -0.3 is 21.1 Å². The quantitative estimate of drug-likeness (QED) is 0.615. The molecule has 1 atom stereocenters. The van der Waals surface area contributed by atoms with Gasteiger partial charge in [-0.3, -0.25) is 9.59 Å². The molecular formula is C18H24BrN3O3. The molecule has 1 saturated carbocycles. The zero-order valence-electron chi connectivity index (χ0n) is 14.1. The molecule has 1 saturated heterocycles. The second-order valence-corrected chi connectivity index (χ2v) is 7.76. The number of aliphatic hydroxyl groups is 1. The lowest BCUT2D eigenvalue weighted by atomic mass is 9.93. The molecule has 1 aromatic rings. The number of anilines is 2. The van der Waals surface area contributed by atoms with E-state index in [1.807, 2.05) is 18.2 Å². The van der Waals surface area contributed by atoms with Gasteiger partial charge in [-0.1, -0.05) is 15.9 Å². The average Bonchev–Trinajstić information content (AvgIpc) is 2.59. The van der Waals surface area contributed by atoms with Gasteiger partial charge in [-0.15, -0.1) is 0 Å². The minimum Gasteiger partial charge on any atom is -0.393 e. The van der Waals surface area contributed by atoms with Crippen LogP contribution >= 0.6 is 15.9 Å². The van der Waals surface area contributed by atoms with Crippen molar-refractivity contribution in [1.29, 1.82) is 0 Å². The monoisotopic (exact) mass is 409 g/mol. The van der Waals surface area contributed by atoms with Gasteiger partial charge in [0.1, 0.15) is 6.04 Å². The number of hydrogen-bond acceptors (Lipinski definition) is 4. The van der Waals surface area contributed by atoms with Crippen molar-refractivity contribution < 1.29 is 14.7 Å². The molecule has 3 rings (SSSR count). The molecule has 1 aromatic carbocycles. The number of carbonyl (C=O) groups is 2. The Labute approximate surface area is 155 Å². The maximum Gasteiger partial charge on any atom is 0.247 e. The number of rotatable bonds is 4. The first-order valence-electron chi connectivity index (χ1n) is 8.85. The Hall–Kier alpha value is -1.60. The molecular weight excluding hydrogens is 386 g/mol. The van der Waals surface area contributed by atoms with Gasteiger partial charge in [0.2, 0.25) is 11.8 Å². The molecule has 1 aliphatic carbocycles. The Bertz CT molecular complexity index is 644. The minimum atomic E-state index is -0.474. The second-order valence-electron chi connectivity index (χ2n) is 6.84. The zero-order valence-corrected chi connectivity index (χ0v) is 15.6. The summed E-state index contributed by atoms with van der Waals surface area (Å²) in [6, 6.07) is 5.54. The number of hydrogen-bond donors (Lipinski definition) is 4. The van der Waals surface area contributed by atoms with Gasteiger partial charge in [0, 0.05) is 16.9 Å². The Morgan fingerprint density at radius 2 is 1.92 bits per heavy atom. The fourth-order valence-corrected chi connectivity index (χ4v) is 3.77. The molecule has 2 amide bonds. The highest BCUT2D eigenvalue weighted by atomic mass is 79.9. The molecule has 0 spiro atoms. The predicted molar refractivity (Wildman–Crippen MR) is 100 cm³/mol. The van der Waals surface area contributed by atoms with Gasteiger partial charge in [0.05, 0.1) is 17.5 Å². The van der Waals surface area contributed by atoms with Crippen LogP contribution in [0.4, 0.5) is 11.4 Å². The lowest BCUT2D eigenvalue weighted by Crippen LogP contribution is -2.46. The third-order valence-electron chi connectivity index (χ3n) is 4.84. The Morgan fingerprint density at radius 1 is 1.16 bits per heavy atom.